The van der Waals surface area contributed by atoms with Gasteiger partial charge in [-0.3, -0.25) is 9.69 Å². The zero-order chi connectivity index (χ0) is 23.7. The highest BCUT2D eigenvalue weighted by Crippen LogP contribution is 2.21. The van der Waals surface area contributed by atoms with E-state index in [-0.39, 0.29) is 18.4 Å². The van der Waals surface area contributed by atoms with E-state index in [1.54, 1.807) is 58.2 Å². The van der Waals surface area contributed by atoms with Crippen molar-refractivity contribution in [2.75, 3.05) is 24.5 Å². The molecule has 0 saturated carbocycles. The predicted molar refractivity (Wildman–Crippen MR) is 116 cm³/mol. The molecule has 0 radical (unpaired) electrons. The number of piperazine rings is 1. The van der Waals surface area contributed by atoms with E-state index in [9.17, 15) is 14.4 Å². The number of carbonyl (C=O) groups excluding carboxylic acids is 3. The van der Waals surface area contributed by atoms with Crippen LogP contribution in [0.4, 0.5) is 15.5 Å². The molecule has 11 heteroatoms. The van der Waals surface area contributed by atoms with Gasteiger partial charge in [-0.05, 0) is 53.7 Å². The first-order chi connectivity index (χ1) is 14.8. The Morgan fingerprint density at radius 2 is 1.72 bits per heavy atom. The molecule has 0 spiro atoms. The van der Waals surface area contributed by atoms with Gasteiger partial charge in [0.2, 0.25) is 5.91 Å². The molecule has 0 atom stereocenters. The topological polar surface area (TPSA) is 118 Å². The highest BCUT2D eigenvalue weighted by atomic mass is 16.6. The Labute approximate surface area is 186 Å². The molecule has 2 aromatic rings. The van der Waals surface area contributed by atoms with Crippen LogP contribution in [0.25, 0.3) is 5.65 Å². The number of fused-ring (bicyclic) bond motifs is 1. The van der Waals surface area contributed by atoms with Crippen molar-refractivity contribution in [1.82, 2.24) is 24.8 Å². The van der Waals surface area contributed by atoms with Crippen LogP contribution in [0.5, 0.6) is 0 Å². The zero-order valence-electron chi connectivity index (χ0n) is 19.3. The minimum Gasteiger partial charge on any atom is -0.443 e. The number of carbonyl (C=O) groups is 3. The maximum Gasteiger partial charge on any atom is 0.427 e. The van der Waals surface area contributed by atoms with Crippen LogP contribution in [0.15, 0.2) is 18.2 Å². The molecular formula is C21H30N6O5. The van der Waals surface area contributed by atoms with Gasteiger partial charge >= 0.3 is 12.2 Å². The number of hydrogen-bond donors (Lipinski definition) is 1. The first-order valence-electron chi connectivity index (χ1n) is 10.4. The van der Waals surface area contributed by atoms with E-state index in [1.165, 1.54) is 0 Å². The molecule has 0 aliphatic carbocycles. The smallest absolute Gasteiger partial charge is 0.427 e. The van der Waals surface area contributed by atoms with Crippen LogP contribution >= 0.6 is 0 Å². The quantitative estimate of drug-likeness (QED) is 0.763. The van der Waals surface area contributed by atoms with Gasteiger partial charge in [0.05, 0.1) is 12.2 Å². The van der Waals surface area contributed by atoms with Crippen LogP contribution in [0.1, 0.15) is 47.2 Å². The Bertz CT molecular complexity index is 992. The van der Waals surface area contributed by atoms with Gasteiger partial charge in [-0.2, -0.15) is 4.98 Å². The standard InChI is InChI=1S/C21H30N6O5/c1-20(2,3)31-18(29)26(19(30)32-21(4,5)6)17-23-15-9-7-8-14(27(15)24-17)12-25-11-10-22-16(28)13-25/h7-9H,10-13H2,1-6H3,(H,22,28). The summed E-state index contributed by atoms with van der Waals surface area (Å²) < 4.78 is 12.3. The molecule has 3 rings (SSSR count). The lowest BCUT2D eigenvalue weighted by atomic mass is 10.2. The number of nitrogens with zero attached hydrogens (tertiary/aromatic N) is 5. The van der Waals surface area contributed by atoms with Crippen molar-refractivity contribution in [3.8, 4) is 0 Å². The summed E-state index contributed by atoms with van der Waals surface area (Å²) in [6.07, 6.45) is -1.87. The van der Waals surface area contributed by atoms with Crippen molar-refractivity contribution < 1.29 is 23.9 Å². The maximum absolute atomic E-state index is 12.9. The molecule has 32 heavy (non-hydrogen) atoms. The maximum atomic E-state index is 12.9. The summed E-state index contributed by atoms with van der Waals surface area (Å²) in [6, 6.07) is 5.37. The van der Waals surface area contributed by atoms with Crippen LogP contribution in [0, 0.1) is 0 Å². The molecule has 1 saturated heterocycles. The summed E-state index contributed by atoms with van der Waals surface area (Å²) in [4.78, 5) is 44.5. The van der Waals surface area contributed by atoms with Gasteiger partial charge in [-0.25, -0.2) is 14.1 Å². The summed E-state index contributed by atoms with van der Waals surface area (Å²) in [5.74, 6) is -0.193. The fraction of sp³-hybridized carbons (Fsp3) is 0.571. The van der Waals surface area contributed by atoms with E-state index in [4.69, 9.17) is 9.47 Å². The average Bonchev–Trinajstić information content (AvgIpc) is 3.03. The number of hydrogen-bond acceptors (Lipinski definition) is 8. The van der Waals surface area contributed by atoms with E-state index < -0.39 is 23.4 Å². The number of amides is 3. The van der Waals surface area contributed by atoms with E-state index in [0.29, 0.717) is 30.2 Å². The first kappa shape index (κ1) is 23.5. The molecule has 0 bridgehead atoms. The molecule has 0 aromatic carbocycles. The Morgan fingerprint density at radius 1 is 1.09 bits per heavy atom. The van der Waals surface area contributed by atoms with Crippen molar-refractivity contribution in [2.45, 2.75) is 59.3 Å². The van der Waals surface area contributed by atoms with Crippen molar-refractivity contribution >= 4 is 29.7 Å². The minimum absolute atomic E-state index is 0.0382. The van der Waals surface area contributed by atoms with Gasteiger partial charge in [0, 0.05) is 19.6 Å². The second kappa shape index (κ2) is 8.73. The summed E-state index contributed by atoms with van der Waals surface area (Å²) in [7, 11) is 0. The lowest BCUT2D eigenvalue weighted by molar-refractivity contribution is -0.124. The van der Waals surface area contributed by atoms with Crippen LogP contribution in [0.3, 0.4) is 0 Å². The zero-order valence-corrected chi connectivity index (χ0v) is 19.3. The van der Waals surface area contributed by atoms with Crippen LogP contribution < -0.4 is 10.2 Å². The van der Waals surface area contributed by atoms with Gasteiger partial charge < -0.3 is 14.8 Å². The SMILES string of the molecule is CC(C)(C)OC(=O)N(C(=O)OC(C)(C)C)c1nc2cccc(CN3CCNC(=O)C3)n2n1. The van der Waals surface area contributed by atoms with Gasteiger partial charge in [0.25, 0.3) is 5.95 Å². The number of ether oxygens (including phenoxy) is 2. The van der Waals surface area contributed by atoms with E-state index in [2.05, 4.69) is 15.4 Å². The Morgan fingerprint density at radius 3 is 2.28 bits per heavy atom. The number of pyridine rings is 1. The van der Waals surface area contributed by atoms with Crippen molar-refractivity contribution in [2.24, 2.45) is 0 Å². The molecule has 1 aliphatic rings. The average molecular weight is 447 g/mol. The van der Waals surface area contributed by atoms with Gasteiger partial charge in [-0.1, -0.05) is 6.07 Å². The summed E-state index contributed by atoms with van der Waals surface area (Å²) in [6.45, 7) is 12.2. The van der Waals surface area contributed by atoms with E-state index in [1.807, 2.05) is 11.0 Å². The third-order valence-corrected chi connectivity index (χ3v) is 4.28. The largest absolute Gasteiger partial charge is 0.443 e. The van der Waals surface area contributed by atoms with Crippen LogP contribution in [-0.4, -0.2) is 68.4 Å². The van der Waals surface area contributed by atoms with Crippen LogP contribution in [-0.2, 0) is 20.8 Å². The van der Waals surface area contributed by atoms with Gasteiger partial charge in [0.1, 0.15) is 11.2 Å². The summed E-state index contributed by atoms with van der Waals surface area (Å²) in [5, 5.41) is 7.19. The van der Waals surface area contributed by atoms with Crippen molar-refractivity contribution in [1.29, 1.82) is 0 Å². The molecule has 0 unspecified atom stereocenters. The molecule has 174 valence electrons. The number of nitrogens with one attached hydrogen (secondary N) is 1. The van der Waals surface area contributed by atoms with Gasteiger partial charge in [0.15, 0.2) is 5.65 Å². The predicted octanol–water partition coefficient (Wildman–Crippen LogP) is 2.34. The van der Waals surface area contributed by atoms with Crippen molar-refractivity contribution in [3.05, 3.63) is 23.9 Å². The molecule has 3 amide bonds. The Kier molecular flexibility index (Phi) is 6.40. The third kappa shape index (κ3) is 5.94. The number of anilines is 1. The second-order valence-electron chi connectivity index (χ2n) is 9.56. The first-order valence-corrected chi connectivity index (χ1v) is 10.4. The molecule has 11 nitrogen and oxygen atoms in total. The lowest BCUT2D eigenvalue weighted by Crippen LogP contribution is -2.47. The highest BCUT2D eigenvalue weighted by Gasteiger charge is 2.35. The van der Waals surface area contributed by atoms with E-state index in [0.717, 1.165) is 5.69 Å². The summed E-state index contributed by atoms with van der Waals surface area (Å²) >= 11 is 0. The molecule has 1 N–H and O–H groups in total. The molecular weight excluding hydrogens is 416 g/mol. The lowest BCUT2D eigenvalue weighted by Gasteiger charge is -2.27. The fourth-order valence-corrected chi connectivity index (χ4v) is 3.07. The molecule has 2 aromatic heterocycles. The van der Waals surface area contributed by atoms with E-state index >= 15 is 0 Å². The number of rotatable bonds is 3. The normalized spacial score (nSPS) is 15.4. The fourth-order valence-electron chi connectivity index (χ4n) is 3.07. The molecule has 1 fully saturated rings. The monoisotopic (exact) mass is 446 g/mol. The number of aromatic nitrogens is 3. The Hall–Kier alpha value is -3.21. The second-order valence-corrected chi connectivity index (χ2v) is 9.56. The Balaban J connectivity index is 1.96. The molecule has 1 aliphatic heterocycles. The van der Waals surface area contributed by atoms with Crippen LogP contribution in [0.2, 0.25) is 0 Å². The van der Waals surface area contributed by atoms with Crippen molar-refractivity contribution in [3.63, 3.8) is 0 Å². The number of imide groups is 1. The third-order valence-electron chi connectivity index (χ3n) is 4.28. The summed E-state index contributed by atoms with van der Waals surface area (Å²) in [5.41, 5.74) is -0.479. The highest BCUT2D eigenvalue weighted by molar-refractivity contribution is 6.08. The minimum atomic E-state index is -0.933. The molecule has 3 heterocycles. The van der Waals surface area contributed by atoms with Gasteiger partial charge in [-0.15, -0.1) is 10.00 Å².